The highest BCUT2D eigenvalue weighted by molar-refractivity contribution is 7.07. The molecule has 220 valence electrons. The molecule has 0 spiro atoms. The number of hydrogen-bond acceptors (Lipinski definition) is 9. The first kappa shape index (κ1) is 30.5. The van der Waals surface area contributed by atoms with E-state index in [1.807, 2.05) is 32.9 Å². The van der Waals surface area contributed by atoms with E-state index in [4.69, 9.17) is 30.1 Å². The average molecular weight is 591 g/mol. The van der Waals surface area contributed by atoms with E-state index in [0.29, 0.717) is 50.2 Å². The van der Waals surface area contributed by atoms with Crippen molar-refractivity contribution in [2.75, 3.05) is 26.9 Å². The van der Waals surface area contributed by atoms with Gasteiger partial charge in [-0.05, 0) is 76.1 Å². The lowest BCUT2D eigenvalue weighted by Crippen LogP contribution is -2.40. The molecule has 0 bridgehead atoms. The average Bonchev–Trinajstić information content (AvgIpc) is 3.26. The van der Waals surface area contributed by atoms with Gasteiger partial charge in [0.25, 0.3) is 5.56 Å². The SMILES string of the molecule is C#CCOc1ccc(/C=c2\sc3n(c2=O)[C@H](c2ccc(OC(C)C)c(OC)c2)C(C(=O)OCC)=C(C)N=3)cc1OCC. The maximum atomic E-state index is 14.0. The van der Waals surface area contributed by atoms with E-state index >= 15 is 0 Å². The molecular weight excluding hydrogens is 556 g/mol. The van der Waals surface area contributed by atoms with Crippen LogP contribution in [-0.2, 0) is 9.53 Å². The minimum absolute atomic E-state index is 0.0687. The molecule has 10 heteroatoms. The van der Waals surface area contributed by atoms with Crippen molar-refractivity contribution < 1.29 is 28.5 Å². The topological polar surface area (TPSA) is 97.6 Å². The Morgan fingerprint density at radius 1 is 1.10 bits per heavy atom. The summed E-state index contributed by atoms with van der Waals surface area (Å²) in [5.74, 6) is 3.98. The molecule has 1 aliphatic rings. The molecule has 0 amide bonds. The van der Waals surface area contributed by atoms with Crippen molar-refractivity contribution in [2.45, 2.75) is 46.8 Å². The minimum Gasteiger partial charge on any atom is -0.493 e. The Morgan fingerprint density at radius 3 is 2.52 bits per heavy atom. The van der Waals surface area contributed by atoms with Gasteiger partial charge in [-0.1, -0.05) is 29.4 Å². The number of carbonyl (C=O) groups excluding carboxylic acids is 1. The fourth-order valence-electron chi connectivity index (χ4n) is 4.59. The van der Waals surface area contributed by atoms with Crippen LogP contribution in [0.4, 0.5) is 0 Å². The second kappa shape index (κ2) is 13.4. The summed E-state index contributed by atoms with van der Waals surface area (Å²) in [5.41, 5.74) is 1.84. The number of rotatable bonds is 11. The predicted molar refractivity (Wildman–Crippen MR) is 161 cm³/mol. The van der Waals surface area contributed by atoms with Crippen molar-refractivity contribution in [1.29, 1.82) is 0 Å². The summed E-state index contributed by atoms with van der Waals surface area (Å²) in [6.07, 6.45) is 7.03. The third-order valence-electron chi connectivity index (χ3n) is 6.26. The Morgan fingerprint density at radius 2 is 1.86 bits per heavy atom. The lowest BCUT2D eigenvalue weighted by atomic mass is 9.95. The van der Waals surface area contributed by atoms with E-state index in [-0.39, 0.29) is 30.5 Å². The number of esters is 1. The van der Waals surface area contributed by atoms with Crippen molar-refractivity contribution >= 4 is 23.4 Å². The van der Waals surface area contributed by atoms with E-state index < -0.39 is 12.0 Å². The van der Waals surface area contributed by atoms with E-state index in [1.165, 1.54) is 15.9 Å². The van der Waals surface area contributed by atoms with Crippen molar-refractivity contribution in [1.82, 2.24) is 4.57 Å². The van der Waals surface area contributed by atoms with Crippen LogP contribution < -0.4 is 33.8 Å². The number of allylic oxidation sites excluding steroid dienone is 1. The number of carbonyl (C=O) groups is 1. The molecule has 2 heterocycles. The normalized spacial score (nSPS) is 14.6. The molecule has 0 radical (unpaired) electrons. The van der Waals surface area contributed by atoms with Gasteiger partial charge in [-0.15, -0.1) is 6.42 Å². The van der Waals surface area contributed by atoms with Crippen molar-refractivity contribution in [3.8, 4) is 35.3 Å². The van der Waals surface area contributed by atoms with Crippen LogP contribution in [0.5, 0.6) is 23.0 Å². The van der Waals surface area contributed by atoms with Crippen LogP contribution in [0, 0.1) is 12.3 Å². The molecule has 3 aromatic rings. The molecule has 9 nitrogen and oxygen atoms in total. The zero-order chi connectivity index (χ0) is 30.4. The highest BCUT2D eigenvalue weighted by atomic mass is 32.1. The number of fused-ring (bicyclic) bond motifs is 1. The quantitative estimate of drug-likeness (QED) is 0.246. The van der Waals surface area contributed by atoms with Crippen LogP contribution in [0.15, 0.2) is 57.5 Å². The Labute approximate surface area is 248 Å². The number of methoxy groups -OCH3 is 1. The minimum atomic E-state index is -0.789. The van der Waals surface area contributed by atoms with Gasteiger partial charge in [0.2, 0.25) is 0 Å². The van der Waals surface area contributed by atoms with Crippen molar-refractivity contribution in [2.24, 2.45) is 4.99 Å². The van der Waals surface area contributed by atoms with Crippen LogP contribution in [-0.4, -0.2) is 43.6 Å². The molecule has 42 heavy (non-hydrogen) atoms. The molecule has 2 aromatic carbocycles. The monoisotopic (exact) mass is 590 g/mol. The summed E-state index contributed by atoms with van der Waals surface area (Å²) in [5, 5.41) is 0. The molecule has 0 N–H and O–H groups in total. The molecular formula is C32H34N2O7S. The molecule has 1 atom stereocenters. The molecule has 0 unspecified atom stereocenters. The standard InChI is InChI=1S/C32H34N2O7S/c1-8-15-40-23-13-11-21(16-26(23)38-9-2)17-27-30(35)34-29(22-12-14-24(41-19(4)5)25(18-22)37-7)28(31(36)39-10-3)20(6)33-32(34)42-27/h1,11-14,16-19,29H,9-10,15H2,2-7H3/b27-17-/t29-/m1/s1. The summed E-state index contributed by atoms with van der Waals surface area (Å²) in [7, 11) is 1.55. The Balaban J connectivity index is 1.89. The molecule has 0 fully saturated rings. The maximum absolute atomic E-state index is 14.0. The van der Waals surface area contributed by atoms with Gasteiger partial charge in [-0.25, -0.2) is 9.79 Å². The summed E-state index contributed by atoms with van der Waals surface area (Å²) in [6.45, 7) is 9.91. The zero-order valence-electron chi connectivity index (χ0n) is 24.6. The van der Waals surface area contributed by atoms with Crippen LogP contribution in [0.3, 0.4) is 0 Å². The third-order valence-corrected chi connectivity index (χ3v) is 7.24. The van der Waals surface area contributed by atoms with E-state index in [1.54, 1.807) is 51.3 Å². The second-order valence-electron chi connectivity index (χ2n) is 9.51. The molecule has 0 saturated heterocycles. The fourth-order valence-corrected chi connectivity index (χ4v) is 5.63. The first-order valence-corrected chi connectivity index (χ1v) is 14.4. The summed E-state index contributed by atoms with van der Waals surface area (Å²) in [6, 6.07) is 9.95. The summed E-state index contributed by atoms with van der Waals surface area (Å²) >= 11 is 1.23. The van der Waals surface area contributed by atoms with Crippen LogP contribution in [0.2, 0.25) is 0 Å². The Kier molecular flexibility index (Phi) is 9.76. The Bertz CT molecular complexity index is 1730. The number of benzene rings is 2. The summed E-state index contributed by atoms with van der Waals surface area (Å²) in [4.78, 5) is 32.3. The van der Waals surface area contributed by atoms with E-state index in [2.05, 4.69) is 10.9 Å². The van der Waals surface area contributed by atoms with Crippen LogP contribution in [0.25, 0.3) is 6.08 Å². The van der Waals surface area contributed by atoms with Crippen LogP contribution >= 0.6 is 11.3 Å². The van der Waals surface area contributed by atoms with E-state index in [9.17, 15) is 9.59 Å². The zero-order valence-corrected chi connectivity index (χ0v) is 25.4. The van der Waals surface area contributed by atoms with Gasteiger partial charge in [-0.3, -0.25) is 9.36 Å². The van der Waals surface area contributed by atoms with E-state index in [0.717, 1.165) is 5.56 Å². The maximum Gasteiger partial charge on any atom is 0.338 e. The fraction of sp³-hybridized carbons (Fsp3) is 0.344. The lowest BCUT2D eigenvalue weighted by Gasteiger charge is -2.25. The molecule has 0 aliphatic carbocycles. The number of aromatic nitrogens is 1. The van der Waals surface area contributed by atoms with Gasteiger partial charge >= 0.3 is 5.97 Å². The third kappa shape index (κ3) is 6.37. The van der Waals surface area contributed by atoms with Gasteiger partial charge < -0.3 is 23.7 Å². The summed E-state index contributed by atoms with van der Waals surface area (Å²) < 4.78 is 30.2. The van der Waals surface area contributed by atoms with Crippen molar-refractivity contribution in [3.63, 3.8) is 0 Å². The largest absolute Gasteiger partial charge is 0.493 e. The molecule has 1 aliphatic heterocycles. The number of thiazole rings is 1. The van der Waals surface area contributed by atoms with Gasteiger partial charge in [0.05, 0.1) is 48.3 Å². The second-order valence-corrected chi connectivity index (χ2v) is 10.5. The van der Waals surface area contributed by atoms with Gasteiger partial charge in [0.1, 0.15) is 6.61 Å². The smallest absolute Gasteiger partial charge is 0.338 e. The van der Waals surface area contributed by atoms with Crippen molar-refractivity contribution in [3.05, 3.63) is 78.5 Å². The molecule has 1 aromatic heterocycles. The highest BCUT2D eigenvalue weighted by Crippen LogP contribution is 2.36. The first-order chi connectivity index (χ1) is 20.2. The number of nitrogens with zero attached hydrogens (tertiary/aromatic N) is 2. The Hall–Kier alpha value is -4.49. The number of hydrogen-bond donors (Lipinski definition) is 0. The van der Waals surface area contributed by atoms with Crippen LogP contribution in [0.1, 0.15) is 51.8 Å². The number of ether oxygens (including phenoxy) is 5. The first-order valence-electron chi connectivity index (χ1n) is 13.6. The molecule has 4 rings (SSSR count). The number of terminal acetylenes is 1. The van der Waals surface area contributed by atoms with Gasteiger partial charge in [0.15, 0.2) is 27.8 Å². The van der Waals surface area contributed by atoms with Gasteiger partial charge in [0, 0.05) is 0 Å². The lowest BCUT2D eigenvalue weighted by molar-refractivity contribution is -0.139. The molecule has 0 saturated carbocycles. The van der Waals surface area contributed by atoms with Gasteiger partial charge in [-0.2, -0.15) is 0 Å². The highest BCUT2D eigenvalue weighted by Gasteiger charge is 2.34. The predicted octanol–water partition coefficient (Wildman–Crippen LogP) is 4.00.